The molecule has 1 nitrogen and oxygen atoms in total. The molecule has 0 aromatic carbocycles. The highest BCUT2D eigenvalue weighted by Crippen LogP contribution is 2.59. The quantitative estimate of drug-likeness (QED) is 0.547. The summed E-state index contributed by atoms with van der Waals surface area (Å²) < 4.78 is 5.81. The van der Waals surface area contributed by atoms with Crippen LogP contribution in [0.4, 0.5) is 0 Å². The molecule has 0 radical (unpaired) electrons. The maximum atomic E-state index is 5.81. The van der Waals surface area contributed by atoms with Crippen LogP contribution in [0.25, 0.3) is 0 Å². The summed E-state index contributed by atoms with van der Waals surface area (Å²) in [6, 6.07) is 0. The van der Waals surface area contributed by atoms with Gasteiger partial charge >= 0.3 is 0 Å². The van der Waals surface area contributed by atoms with Crippen molar-refractivity contribution in [3.63, 3.8) is 0 Å². The van der Waals surface area contributed by atoms with Crippen molar-refractivity contribution < 1.29 is 4.74 Å². The Balaban J connectivity index is 1.37. The van der Waals surface area contributed by atoms with Crippen LogP contribution in [0, 0.1) is 53.3 Å². The topological polar surface area (TPSA) is 9.23 Å². The van der Waals surface area contributed by atoms with Gasteiger partial charge in [0.2, 0.25) is 0 Å². The second kappa shape index (κ2) is 7.91. The average molecular weight is 347 g/mol. The fourth-order valence-electron chi connectivity index (χ4n) is 7.82. The predicted molar refractivity (Wildman–Crippen MR) is 105 cm³/mol. The Morgan fingerprint density at radius 1 is 0.720 bits per heavy atom. The van der Waals surface area contributed by atoms with Crippen LogP contribution in [0.1, 0.15) is 85.0 Å². The summed E-state index contributed by atoms with van der Waals surface area (Å²) in [6.45, 7) is 9.48. The molecule has 4 rings (SSSR count). The van der Waals surface area contributed by atoms with Crippen molar-refractivity contribution in [2.75, 3.05) is 13.2 Å². The van der Waals surface area contributed by atoms with E-state index in [1.165, 1.54) is 38.5 Å². The van der Waals surface area contributed by atoms with Crippen molar-refractivity contribution in [1.29, 1.82) is 0 Å². The van der Waals surface area contributed by atoms with Crippen LogP contribution in [0.2, 0.25) is 0 Å². The minimum atomic E-state index is 0.883. The van der Waals surface area contributed by atoms with Gasteiger partial charge in [0, 0.05) is 13.2 Å². The van der Waals surface area contributed by atoms with Gasteiger partial charge in [-0.2, -0.15) is 0 Å². The molecule has 0 bridgehead atoms. The van der Waals surface area contributed by atoms with Crippen molar-refractivity contribution in [3.8, 4) is 0 Å². The highest BCUT2D eigenvalue weighted by Gasteiger charge is 2.51. The van der Waals surface area contributed by atoms with E-state index in [0.29, 0.717) is 0 Å². The molecule has 3 aliphatic carbocycles. The lowest BCUT2D eigenvalue weighted by Gasteiger charge is -2.52. The summed E-state index contributed by atoms with van der Waals surface area (Å²) in [5, 5.41) is 0. The van der Waals surface area contributed by atoms with E-state index in [2.05, 4.69) is 20.8 Å². The molecule has 144 valence electrons. The van der Waals surface area contributed by atoms with E-state index < -0.39 is 0 Å². The van der Waals surface area contributed by atoms with Gasteiger partial charge in [-0.05, 0) is 98.2 Å². The number of rotatable bonds is 5. The predicted octanol–water partition coefficient (Wildman–Crippen LogP) is 6.56. The Bertz CT molecular complexity index is 430. The molecule has 1 saturated heterocycles. The van der Waals surface area contributed by atoms with Gasteiger partial charge in [-0.25, -0.2) is 0 Å². The van der Waals surface area contributed by atoms with Crippen LogP contribution in [0.3, 0.4) is 0 Å². The van der Waals surface area contributed by atoms with Gasteiger partial charge in [0.15, 0.2) is 0 Å². The lowest BCUT2D eigenvalue weighted by atomic mass is 9.54. The summed E-state index contributed by atoms with van der Waals surface area (Å²) in [7, 11) is 0. The molecule has 1 aliphatic heterocycles. The van der Waals surface area contributed by atoms with Crippen molar-refractivity contribution in [2.24, 2.45) is 53.3 Å². The van der Waals surface area contributed by atoms with E-state index in [0.717, 1.165) is 66.5 Å². The Labute approximate surface area is 156 Å². The minimum Gasteiger partial charge on any atom is -0.381 e. The molecule has 0 aromatic heterocycles. The Hall–Kier alpha value is -0.0400. The molecule has 8 atom stereocenters. The van der Waals surface area contributed by atoms with E-state index in [1.54, 1.807) is 25.7 Å². The van der Waals surface area contributed by atoms with Crippen LogP contribution < -0.4 is 0 Å². The van der Waals surface area contributed by atoms with E-state index in [9.17, 15) is 0 Å². The van der Waals surface area contributed by atoms with Gasteiger partial charge in [-0.3, -0.25) is 0 Å². The normalized spacial score (nSPS) is 44.9. The molecule has 1 heterocycles. The van der Waals surface area contributed by atoms with Crippen molar-refractivity contribution in [2.45, 2.75) is 85.0 Å². The zero-order chi connectivity index (χ0) is 17.4. The molecule has 4 fully saturated rings. The Morgan fingerprint density at radius 3 is 2.24 bits per heavy atom. The molecule has 3 saturated carbocycles. The molecular weight excluding hydrogens is 304 g/mol. The fraction of sp³-hybridized carbons (Fsp3) is 1.00. The Kier molecular flexibility index (Phi) is 5.80. The van der Waals surface area contributed by atoms with Crippen LogP contribution in [0.15, 0.2) is 0 Å². The summed E-state index contributed by atoms with van der Waals surface area (Å²) >= 11 is 0. The molecular formula is C24H42O. The molecule has 8 unspecified atom stereocenters. The molecule has 0 N–H and O–H groups in total. The first-order chi connectivity index (χ1) is 12.1. The highest BCUT2D eigenvalue weighted by atomic mass is 16.5. The van der Waals surface area contributed by atoms with E-state index in [-0.39, 0.29) is 0 Å². The number of ether oxygens (including phenoxy) is 1. The first-order valence-corrected chi connectivity index (χ1v) is 11.7. The van der Waals surface area contributed by atoms with Gasteiger partial charge < -0.3 is 4.74 Å². The van der Waals surface area contributed by atoms with Crippen LogP contribution in [0.5, 0.6) is 0 Å². The Morgan fingerprint density at radius 2 is 1.40 bits per heavy atom. The van der Waals surface area contributed by atoms with Gasteiger partial charge in [0.05, 0.1) is 0 Å². The van der Waals surface area contributed by atoms with E-state index >= 15 is 0 Å². The third kappa shape index (κ3) is 3.69. The van der Waals surface area contributed by atoms with Gasteiger partial charge in [0.1, 0.15) is 0 Å². The van der Waals surface area contributed by atoms with E-state index in [4.69, 9.17) is 4.74 Å². The van der Waals surface area contributed by atoms with Gasteiger partial charge in [0.25, 0.3) is 0 Å². The number of fused-ring (bicyclic) bond motifs is 5. The number of hydrogen-bond donors (Lipinski definition) is 0. The summed E-state index contributed by atoms with van der Waals surface area (Å²) in [6.07, 6.45) is 15.0. The lowest BCUT2D eigenvalue weighted by molar-refractivity contribution is -0.0789. The smallest absolute Gasteiger partial charge is 0.0497 e. The van der Waals surface area contributed by atoms with Crippen LogP contribution in [-0.4, -0.2) is 13.2 Å². The molecule has 25 heavy (non-hydrogen) atoms. The second-order valence-electron chi connectivity index (χ2n) is 10.6. The third-order valence-electron chi connectivity index (χ3n) is 8.99. The average Bonchev–Trinajstić information content (AvgIpc) is 3.05. The first kappa shape index (κ1) is 18.3. The molecule has 0 amide bonds. The lowest BCUT2D eigenvalue weighted by Crippen LogP contribution is -2.46. The maximum Gasteiger partial charge on any atom is 0.0497 e. The SMILES string of the molecule is CC(C)CCCC(C)C1CCC2C1CCC1C3CCOCC3CCC12. The summed E-state index contributed by atoms with van der Waals surface area (Å²) in [5.74, 6) is 9.20. The highest BCUT2D eigenvalue weighted by molar-refractivity contribution is 5.00. The maximum absolute atomic E-state index is 5.81. The van der Waals surface area contributed by atoms with Gasteiger partial charge in [-0.15, -0.1) is 0 Å². The fourth-order valence-corrected chi connectivity index (χ4v) is 7.82. The zero-order valence-electron chi connectivity index (χ0n) is 17.1. The largest absolute Gasteiger partial charge is 0.381 e. The monoisotopic (exact) mass is 346 g/mol. The van der Waals surface area contributed by atoms with Crippen molar-refractivity contribution >= 4 is 0 Å². The van der Waals surface area contributed by atoms with Crippen LogP contribution >= 0.6 is 0 Å². The van der Waals surface area contributed by atoms with Crippen molar-refractivity contribution in [1.82, 2.24) is 0 Å². The second-order valence-corrected chi connectivity index (χ2v) is 10.6. The number of hydrogen-bond acceptors (Lipinski definition) is 1. The molecule has 1 heteroatoms. The molecule has 0 spiro atoms. The molecule has 0 aromatic rings. The standard InChI is InChI=1S/C24H42O/c1-16(2)5-4-6-17(3)19-9-10-24-21(19)11-12-22-20-13-14-25-15-18(20)7-8-23(22)24/h16-24H,4-15H2,1-3H3. The van der Waals surface area contributed by atoms with E-state index in [1.807, 2.05) is 0 Å². The molecule has 4 aliphatic rings. The summed E-state index contributed by atoms with van der Waals surface area (Å²) in [5.41, 5.74) is 0. The van der Waals surface area contributed by atoms with Crippen LogP contribution in [-0.2, 0) is 4.74 Å². The van der Waals surface area contributed by atoms with Crippen molar-refractivity contribution in [3.05, 3.63) is 0 Å². The van der Waals surface area contributed by atoms with Gasteiger partial charge in [-0.1, -0.05) is 40.0 Å². The summed E-state index contributed by atoms with van der Waals surface area (Å²) in [4.78, 5) is 0. The zero-order valence-corrected chi connectivity index (χ0v) is 17.1. The first-order valence-electron chi connectivity index (χ1n) is 11.7. The minimum absolute atomic E-state index is 0.883. The third-order valence-corrected chi connectivity index (χ3v) is 8.99.